The molecular formula is C25H29N3O3. The average Bonchev–Trinajstić information content (AvgIpc) is 2.81. The number of azo groups is 1. The number of unbranched alkanes of at least 4 members (excludes halogenated alkanes) is 2. The van der Waals surface area contributed by atoms with E-state index in [0.717, 1.165) is 50.0 Å². The Kier molecular flexibility index (Phi) is 10.5. The number of nitriles is 1. The number of hydrogen-bond acceptors (Lipinski definition) is 6. The number of ether oxygens (including phenoxy) is 2. The molecule has 0 saturated heterocycles. The minimum atomic E-state index is -0.346. The smallest absolute Gasteiger partial charge is 0.330 e. The zero-order valence-corrected chi connectivity index (χ0v) is 18.0. The fourth-order valence-electron chi connectivity index (χ4n) is 2.96. The first-order valence-corrected chi connectivity index (χ1v) is 10.6. The van der Waals surface area contributed by atoms with Crippen molar-refractivity contribution in [3.63, 3.8) is 0 Å². The molecule has 0 aromatic heterocycles. The standard InChI is InChI=1S/C25H29N3O3/c1-3-8-24(31-25(29)4-2)9-6-5-7-18-30-23-16-14-22(15-17-23)28-27-21-12-10-20(19-26)11-13-21/h4,10-17,24H,2-3,5-9,18H2,1H3. The number of carbonyl (C=O) groups excluding carboxylic acids is 1. The van der Waals surface area contributed by atoms with Gasteiger partial charge >= 0.3 is 5.97 Å². The van der Waals surface area contributed by atoms with Crippen LogP contribution in [0.5, 0.6) is 5.75 Å². The third kappa shape index (κ3) is 9.26. The quantitative estimate of drug-likeness (QED) is 0.154. The van der Waals surface area contributed by atoms with Crippen molar-refractivity contribution in [2.24, 2.45) is 10.2 Å². The Morgan fingerprint density at radius 2 is 1.68 bits per heavy atom. The molecule has 0 fully saturated rings. The monoisotopic (exact) mass is 419 g/mol. The molecule has 0 spiro atoms. The van der Waals surface area contributed by atoms with E-state index in [2.05, 4.69) is 29.8 Å². The van der Waals surface area contributed by atoms with Crippen molar-refractivity contribution in [3.8, 4) is 11.8 Å². The molecule has 6 heteroatoms. The number of hydrogen-bond donors (Lipinski definition) is 0. The summed E-state index contributed by atoms with van der Waals surface area (Å²) < 4.78 is 11.2. The molecule has 0 bridgehead atoms. The summed E-state index contributed by atoms with van der Waals surface area (Å²) in [6.45, 7) is 6.17. The third-order valence-electron chi connectivity index (χ3n) is 4.61. The molecule has 0 aliphatic heterocycles. The lowest BCUT2D eigenvalue weighted by molar-refractivity contribution is -0.143. The van der Waals surface area contributed by atoms with Gasteiger partial charge in [0.15, 0.2) is 0 Å². The number of carbonyl (C=O) groups is 1. The highest BCUT2D eigenvalue weighted by molar-refractivity contribution is 5.81. The molecule has 0 heterocycles. The summed E-state index contributed by atoms with van der Waals surface area (Å²) in [5, 5.41) is 17.2. The van der Waals surface area contributed by atoms with E-state index in [9.17, 15) is 4.79 Å². The van der Waals surface area contributed by atoms with Crippen LogP contribution >= 0.6 is 0 Å². The van der Waals surface area contributed by atoms with Crippen molar-refractivity contribution >= 4 is 17.3 Å². The number of nitrogens with zero attached hydrogens (tertiary/aromatic N) is 3. The predicted octanol–water partition coefficient (Wildman–Crippen LogP) is 6.81. The van der Waals surface area contributed by atoms with Crippen LogP contribution in [0.15, 0.2) is 71.4 Å². The Bertz CT molecular complexity index is 884. The normalized spacial score (nSPS) is 11.6. The summed E-state index contributed by atoms with van der Waals surface area (Å²) >= 11 is 0. The lowest BCUT2D eigenvalue weighted by Crippen LogP contribution is -2.16. The van der Waals surface area contributed by atoms with E-state index in [-0.39, 0.29) is 12.1 Å². The molecule has 2 aromatic carbocycles. The van der Waals surface area contributed by atoms with E-state index < -0.39 is 0 Å². The van der Waals surface area contributed by atoms with Crippen LogP contribution in [0.1, 0.15) is 51.0 Å². The predicted molar refractivity (Wildman–Crippen MR) is 121 cm³/mol. The summed E-state index contributed by atoms with van der Waals surface area (Å²) in [5.74, 6) is 0.447. The van der Waals surface area contributed by atoms with Crippen molar-refractivity contribution in [3.05, 3.63) is 66.7 Å². The van der Waals surface area contributed by atoms with Crippen molar-refractivity contribution in [2.75, 3.05) is 6.61 Å². The van der Waals surface area contributed by atoms with Gasteiger partial charge in [0.25, 0.3) is 0 Å². The van der Waals surface area contributed by atoms with E-state index >= 15 is 0 Å². The molecule has 6 nitrogen and oxygen atoms in total. The second kappa shape index (κ2) is 13.7. The fraction of sp³-hybridized carbons (Fsp3) is 0.360. The van der Waals surface area contributed by atoms with Gasteiger partial charge in [-0.2, -0.15) is 15.5 Å². The van der Waals surface area contributed by atoms with Crippen LogP contribution in [-0.2, 0) is 9.53 Å². The largest absolute Gasteiger partial charge is 0.494 e. The van der Waals surface area contributed by atoms with Crippen molar-refractivity contribution in [2.45, 2.75) is 51.6 Å². The SMILES string of the molecule is C=CC(=O)OC(CCC)CCCCCOc1ccc(N=Nc2ccc(C#N)cc2)cc1. The van der Waals surface area contributed by atoms with E-state index in [1.54, 1.807) is 24.3 Å². The first-order chi connectivity index (χ1) is 15.1. The summed E-state index contributed by atoms with van der Waals surface area (Å²) in [7, 11) is 0. The van der Waals surface area contributed by atoms with Gasteiger partial charge in [-0.1, -0.05) is 19.9 Å². The topological polar surface area (TPSA) is 84.0 Å². The Morgan fingerprint density at radius 3 is 2.26 bits per heavy atom. The Morgan fingerprint density at radius 1 is 1.03 bits per heavy atom. The first kappa shape index (κ1) is 23.8. The maximum absolute atomic E-state index is 11.4. The van der Waals surface area contributed by atoms with Crippen LogP contribution in [-0.4, -0.2) is 18.7 Å². The molecule has 0 aliphatic rings. The van der Waals surface area contributed by atoms with Crippen LogP contribution in [0, 0.1) is 11.3 Å². The van der Waals surface area contributed by atoms with Crippen molar-refractivity contribution in [1.29, 1.82) is 5.26 Å². The Hall–Kier alpha value is -3.46. The van der Waals surface area contributed by atoms with Gasteiger partial charge < -0.3 is 9.47 Å². The van der Waals surface area contributed by atoms with Crippen LogP contribution < -0.4 is 4.74 Å². The summed E-state index contributed by atoms with van der Waals surface area (Å²) in [5.41, 5.74) is 2.02. The van der Waals surface area contributed by atoms with Crippen molar-refractivity contribution < 1.29 is 14.3 Å². The molecule has 162 valence electrons. The van der Waals surface area contributed by atoms with E-state index in [1.807, 2.05) is 24.3 Å². The van der Waals surface area contributed by atoms with E-state index in [0.29, 0.717) is 17.9 Å². The summed E-state index contributed by atoms with van der Waals surface area (Å²) in [4.78, 5) is 11.4. The zero-order valence-electron chi connectivity index (χ0n) is 18.0. The van der Waals surface area contributed by atoms with Crippen molar-refractivity contribution in [1.82, 2.24) is 0 Å². The lowest BCUT2D eigenvalue weighted by atomic mass is 10.1. The second-order valence-electron chi connectivity index (χ2n) is 7.10. The molecule has 0 amide bonds. The van der Waals surface area contributed by atoms with Gasteiger partial charge in [0.2, 0.25) is 0 Å². The maximum Gasteiger partial charge on any atom is 0.330 e. The summed E-state index contributed by atoms with van der Waals surface area (Å²) in [6.07, 6.45) is 6.88. The number of esters is 1. The molecule has 1 atom stereocenters. The van der Waals surface area contributed by atoms with Gasteiger partial charge in [-0.05, 0) is 80.6 Å². The molecule has 0 saturated carbocycles. The lowest BCUT2D eigenvalue weighted by Gasteiger charge is -2.16. The van der Waals surface area contributed by atoms with Crippen LogP contribution in [0.4, 0.5) is 11.4 Å². The molecule has 2 aromatic rings. The molecule has 2 rings (SSSR count). The second-order valence-corrected chi connectivity index (χ2v) is 7.10. The molecule has 0 aliphatic carbocycles. The summed E-state index contributed by atoms with van der Waals surface area (Å²) in [6, 6.07) is 16.5. The third-order valence-corrected chi connectivity index (χ3v) is 4.61. The number of rotatable bonds is 13. The Balaban J connectivity index is 1.67. The maximum atomic E-state index is 11.4. The van der Waals surface area contributed by atoms with E-state index in [1.165, 1.54) is 6.08 Å². The van der Waals surface area contributed by atoms with E-state index in [4.69, 9.17) is 14.7 Å². The van der Waals surface area contributed by atoms with Crippen LogP contribution in [0.2, 0.25) is 0 Å². The highest BCUT2D eigenvalue weighted by Crippen LogP contribution is 2.22. The fourth-order valence-corrected chi connectivity index (χ4v) is 2.96. The molecular weight excluding hydrogens is 390 g/mol. The number of benzene rings is 2. The highest BCUT2D eigenvalue weighted by atomic mass is 16.5. The average molecular weight is 420 g/mol. The van der Waals surface area contributed by atoms with Gasteiger partial charge in [-0.3, -0.25) is 0 Å². The molecule has 1 unspecified atom stereocenters. The van der Waals surface area contributed by atoms with Crippen LogP contribution in [0.3, 0.4) is 0 Å². The zero-order chi connectivity index (χ0) is 22.3. The first-order valence-electron chi connectivity index (χ1n) is 10.6. The molecule has 31 heavy (non-hydrogen) atoms. The minimum Gasteiger partial charge on any atom is -0.494 e. The minimum absolute atomic E-state index is 0.0255. The molecule has 0 radical (unpaired) electrons. The van der Waals surface area contributed by atoms with Gasteiger partial charge in [-0.25, -0.2) is 4.79 Å². The molecule has 0 N–H and O–H groups in total. The van der Waals surface area contributed by atoms with Gasteiger partial charge in [0, 0.05) is 6.08 Å². The Labute approximate surface area is 184 Å². The van der Waals surface area contributed by atoms with Gasteiger partial charge in [0.05, 0.1) is 29.6 Å². The van der Waals surface area contributed by atoms with Gasteiger partial charge in [0.1, 0.15) is 11.9 Å². The highest BCUT2D eigenvalue weighted by Gasteiger charge is 2.11. The van der Waals surface area contributed by atoms with Gasteiger partial charge in [-0.15, -0.1) is 0 Å². The van der Waals surface area contributed by atoms with Crippen LogP contribution in [0.25, 0.3) is 0 Å².